The third kappa shape index (κ3) is 9.55. The fourth-order valence-corrected chi connectivity index (χ4v) is 14.9. The molecule has 8 rings (SSSR count). The van der Waals surface area contributed by atoms with Crippen molar-refractivity contribution >= 4 is 58.6 Å². The molecule has 0 radical (unpaired) electrons. The van der Waals surface area contributed by atoms with Gasteiger partial charge in [-0.15, -0.1) is 0 Å². The summed E-state index contributed by atoms with van der Waals surface area (Å²) in [6.45, 7) is 5.20. The van der Waals surface area contributed by atoms with E-state index in [1.807, 2.05) is 115 Å². The largest absolute Gasteiger partial charge is 0.507 e. The number of aromatic hydroxyl groups is 1. The van der Waals surface area contributed by atoms with Crippen molar-refractivity contribution in [2.45, 2.75) is 63.5 Å². The number of phenolic OH excluding ortho intramolecular Hbond substituents is 1. The Morgan fingerprint density at radius 1 is 0.739 bits per heavy atom. The van der Waals surface area contributed by atoms with Gasteiger partial charge in [0.25, 0.3) is 8.32 Å². The summed E-state index contributed by atoms with van der Waals surface area (Å²) < 4.78 is 92.1. The monoisotopic (exact) mass is 963 g/mol. The summed E-state index contributed by atoms with van der Waals surface area (Å²) in [6, 6.07) is 40.2. The zero-order valence-electron chi connectivity index (χ0n) is 38.1. The first-order chi connectivity index (χ1) is 32.7. The molecule has 2 amide bonds. The van der Waals surface area contributed by atoms with Crippen LogP contribution in [-0.2, 0) is 26.4 Å². The number of halogens is 6. The van der Waals surface area contributed by atoms with Gasteiger partial charge in [-0.05, 0) is 92.2 Å². The number of phenols is 1. The number of benzene rings is 6. The summed E-state index contributed by atoms with van der Waals surface area (Å²) >= 11 is 0. The lowest BCUT2D eigenvalue weighted by molar-refractivity contribution is -0.143. The number of aliphatic hydroxyl groups excluding tert-OH is 2. The minimum absolute atomic E-state index is 0.0249. The zero-order chi connectivity index (χ0) is 49.5. The second-order valence-electron chi connectivity index (χ2n) is 18.7. The van der Waals surface area contributed by atoms with Gasteiger partial charge in [0.15, 0.2) is 0 Å². The van der Waals surface area contributed by atoms with E-state index in [0.717, 1.165) is 32.5 Å². The second kappa shape index (κ2) is 19.2. The van der Waals surface area contributed by atoms with E-state index in [4.69, 9.17) is 4.43 Å². The average molecular weight is 964 g/mol. The number of hydrogen-bond donors (Lipinski definition) is 3. The molecule has 4 atom stereocenters. The van der Waals surface area contributed by atoms with Crippen molar-refractivity contribution < 1.29 is 55.7 Å². The number of fused-ring (bicyclic) bond motifs is 2. The summed E-state index contributed by atoms with van der Waals surface area (Å²) in [5.41, 5.74) is -1.24. The molecule has 0 aromatic heterocycles. The number of hydrogen-bond acceptors (Lipinski definition) is 6. The molecule has 1 fully saturated rings. The summed E-state index contributed by atoms with van der Waals surface area (Å²) in [7, 11) is -3.34. The predicted molar refractivity (Wildman–Crippen MR) is 257 cm³/mol. The SMILES string of the molecule is CC(C)(C)[Si](OCC1=C([C@H](O)CC/C(=C/c2ccc(O)c3ccccc23)c2ccccc2)[C@H](CO)[C@@H]2C(=O)N(c3cc(C(F)(F)F)cc(C(F)(F)F)c3)C(=O)[C@@H]2C1)(c1ccccc1)c1ccccc1. The van der Waals surface area contributed by atoms with Crippen molar-refractivity contribution in [3.8, 4) is 5.75 Å². The molecule has 69 heavy (non-hydrogen) atoms. The smallest absolute Gasteiger partial charge is 0.416 e. The van der Waals surface area contributed by atoms with Crippen LogP contribution < -0.4 is 15.3 Å². The van der Waals surface area contributed by atoms with Gasteiger partial charge in [0.1, 0.15) is 5.75 Å². The molecule has 6 aromatic rings. The van der Waals surface area contributed by atoms with E-state index in [0.29, 0.717) is 28.0 Å². The minimum atomic E-state index is -5.26. The molecule has 0 bridgehead atoms. The number of amides is 2. The first kappa shape index (κ1) is 49.1. The second-order valence-corrected chi connectivity index (χ2v) is 23.0. The molecule has 3 N–H and O–H groups in total. The van der Waals surface area contributed by atoms with Crippen LogP contribution in [0.2, 0.25) is 5.04 Å². The molecule has 358 valence electrons. The number of anilines is 1. The third-order valence-corrected chi connectivity index (χ3v) is 18.5. The Hall–Kier alpha value is -6.32. The third-order valence-electron chi connectivity index (χ3n) is 13.5. The van der Waals surface area contributed by atoms with Crippen LogP contribution in [0.5, 0.6) is 5.75 Å². The van der Waals surface area contributed by atoms with Gasteiger partial charge in [-0.2, -0.15) is 26.3 Å². The fourth-order valence-electron chi connectivity index (χ4n) is 10.4. The number of imide groups is 1. The van der Waals surface area contributed by atoms with Crippen LogP contribution in [0.25, 0.3) is 22.4 Å². The van der Waals surface area contributed by atoms with E-state index >= 15 is 0 Å². The van der Waals surface area contributed by atoms with E-state index in [9.17, 15) is 51.3 Å². The standard InChI is InChI=1S/C55H51F6NO6Si/c1-53(2,3)69(41-17-9-5-10-18-41,42-19-11-6-12-20-42)68-33-37-28-45-50(52(67)62(51(45)66)40-30-38(54(56,57)58)29-39(31-40)55(59,60)61)46(32-63)49(37)48(65)26-23-35(34-15-7-4-8-16-34)27-36-24-25-47(64)44-22-14-13-21-43(36)44/h4-22,24-25,27,29-31,45-46,48,50,63-65H,23,26,28,32-33H2,1-3H3/b35-27-/t45-,46+,48-,50-/m1/s1. The zero-order valence-corrected chi connectivity index (χ0v) is 39.1. The van der Waals surface area contributed by atoms with Crippen molar-refractivity contribution in [3.05, 3.63) is 179 Å². The van der Waals surface area contributed by atoms with E-state index < -0.39 is 84.8 Å². The molecular weight excluding hydrogens is 913 g/mol. The Labute approximate surface area is 397 Å². The van der Waals surface area contributed by atoms with Crippen molar-refractivity contribution in [1.82, 2.24) is 0 Å². The summed E-state index contributed by atoms with van der Waals surface area (Å²) in [6.07, 6.45) is -9.90. The molecule has 1 saturated heterocycles. The maximum absolute atomic E-state index is 14.6. The van der Waals surface area contributed by atoms with Crippen LogP contribution in [0.15, 0.2) is 157 Å². The predicted octanol–water partition coefficient (Wildman–Crippen LogP) is 11.0. The Bertz CT molecular complexity index is 2840. The molecule has 2 aliphatic rings. The molecule has 0 unspecified atom stereocenters. The van der Waals surface area contributed by atoms with Gasteiger partial charge in [-0.25, -0.2) is 4.90 Å². The summed E-state index contributed by atoms with van der Waals surface area (Å²) in [5, 5.41) is 37.3. The molecule has 1 heterocycles. The molecule has 1 aliphatic heterocycles. The number of alkyl halides is 6. The number of carbonyl (C=O) groups is 2. The van der Waals surface area contributed by atoms with E-state index in [2.05, 4.69) is 20.8 Å². The fraction of sp³-hybridized carbons (Fsp3) is 0.273. The Morgan fingerprint density at radius 3 is 1.81 bits per heavy atom. The lowest BCUT2D eigenvalue weighted by Crippen LogP contribution is -2.66. The van der Waals surface area contributed by atoms with Crippen LogP contribution >= 0.6 is 0 Å². The summed E-state index contributed by atoms with van der Waals surface area (Å²) in [5.74, 6) is -6.05. The Balaban J connectivity index is 1.24. The Kier molecular flexibility index (Phi) is 13.7. The van der Waals surface area contributed by atoms with Gasteiger partial charge in [-0.1, -0.05) is 148 Å². The topological polar surface area (TPSA) is 107 Å². The van der Waals surface area contributed by atoms with Crippen LogP contribution in [0.1, 0.15) is 62.3 Å². The number of aliphatic hydroxyl groups is 2. The minimum Gasteiger partial charge on any atom is -0.507 e. The van der Waals surface area contributed by atoms with Crippen LogP contribution in [-0.4, -0.2) is 54.8 Å². The van der Waals surface area contributed by atoms with Gasteiger partial charge in [0.05, 0.1) is 48.0 Å². The van der Waals surface area contributed by atoms with Crippen LogP contribution in [0.4, 0.5) is 32.0 Å². The first-order valence-electron chi connectivity index (χ1n) is 22.6. The van der Waals surface area contributed by atoms with E-state index in [1.165, 1.54) is 0 Å². The molecule has 1 aliphatic carbocycles. The maximum Gasteiger partial charge on any atom is 0.416 e. The highest BCUT2D eigenvalue weighted by Crippen LogP contribution is 2.50. The number of carbonyl (C=O) groups excluding carboxylic acids is 2. The van der Waals surface area contributed by atoms with E-state index in [1.54, 1.807) is 18.2 Å². The van der Waals surface area contributed by atoms with Gasteiger partial charge in [0.2, 0.25) is 11.8 Å². The molecule has 0 saturated carbocycles. The van der Waals surface area contributed by atoms with Gasteiger partial charge >= 0.3 is 12.4 Å². The molecule has 7 nitrogen and oxygen atoms in total. The normalized spacial score (nSPS) is 18.8. The summed E-state index contributed by atoms with van der Waals surface area (Å²) in [4.78, 5) is 29.5. The first-order valence-corrected chi connectivity index (χ1v) is 24.5. The maximum atomic E-state index is 14.6. The lowest BCUT2D eigenvalue weighted by atomic mass is 9.68. The average Bonchev–Trinajstić information content (AvgIpc) is 3.58. The number of rotatable bonds is 13. The highest BCUT2D eigenvalue weighted by molar-refractivity contribution is 6.99. The van der Waals surface area contributed by atoms with E-state index in [-0.39, 0.29) is 43.3 Å². The van der Waals surface area contributed by atoms with Crippen molar-refractivity contribution in [1.29, 1.82) is 0 Å². The van der Waals surface area contributed by atoms with Gasteiger partial charge < -0.3 is 19.7 Å². The van der Waals surface area contributed by atoms with Gasteiger partial charge in [-0.3, -0.25) is 9.59 Å². The quantitative estimate of drug-likeness (QED) is 0.0350. The highest BCUT2D eigenvalue weighted by Gasteiger charge is 2.57. The lowest BCUT2D eigenvalue weighted by Gasteiger charge is -2.44. The molecule has 6 aromatic carbocycles. The van der Waals surface area contributed by atoms with Gasteiger partial charge in [0, 0.05) is 11.3 Å². The molecule has 0 spiro atoms. The number of nitrogens with zero attached hydrogens (tertiary/aromatic N) is 1. The molecular formula is C55H51F6NO6Si. The Morgan fingerprint density at radius 2 is 1.28 bits per heavy atom. The highest BCUT2D eigenvalue weighted by atomic mass is 28.4. The van der Waals surface area contributed by atoms with Crippen LogP contribution in [0.3, 0.4) is 0 Å². The van der Waals surface area contributed by atoms with Crippen molar-refractivity contribution in [2.24, 2.45) is 17.8 Å². The van der Waals surface area contributed by atoms with Crippen molar-refractivity contribution in [2.75, 3.05) is 18.1 Å². The van der Waals surface area contributed by atoms with Crippen LogP contribution in [0, 0.1) is 17.8 Å². The van der Waals surface area contributed by atoms with Crippen molar-refractivity contribution in [3.63, 3.8) is 0 Å². The molecule has 14 heteroatoms. The number of allylic oxidation sites excluding steroid dienone is 1.